The van der Waals surface area contributed by atoms with E-state index in [1.165, 1.54) is 30.3 Å². The standard InChI is InChI=1S/C21H18F3N3O4/c1-21(2)30-16-15(14(28)10-3-5-11(22)6-4-10)29-20(17(16)31-21)27-8-7-12-13(18(23)24)25-9-26-19(12)27/h3-9,15-18,20H,1-2H3/t15-,16-,17-,20-/m1/s1. The number of ketones is 1. The zero-order valence-corrected chi connectivity index (χ0v) is 16.5. The Balaban J connectivity index is 1.54. The third-order valence-corrected chi connectivity index (χ3v) is 5.44. The molecule has 2 aromatic heterocycles. The molecule has 0 amide bonds. The van der Waals surface area contributed by atoms with Gasteiger partial charge in [0, 0.05) is 17.1 Å². The van der Waals surface area contributed by atoms with Crippen molar-refractivity contribution >= 4 is 16.8 Å². The Morgan fingerprint density at radius 3 is 2.52 bits per heavy atom. The minimum absolute atomic E-state index is 0.184. The lowest BCUT2D eigenvalue weighted by atomic mass is 10.0. The van der Waals surface area contributed by atoms with Crippen LogP contribution < -0.4 is 0 Å². The van der Waals surface area contributed by atoms with E-state index < -0.39 is 48.4 Å². The van der Waals surface area contributed by atoms with Gasteiger partial charge < -0.3 is 18.8 Å². The molecule has 0 aliphatic carbocycles. The summed E-state index contributed by atoms with van der Waals surface area (Å²) in [5.41, 5.74) is 0.108. The summed E-state index contributed by atoms with van der Waals surface area (Å²) in [7, 11) is 0. The smallest absolute Gasteiger partial charge is 0.281 e. The largest absolute Gasteiger partial charge is 0.341 e. The maximum atomic E-state index is 13.3. The highest BCUT2D eigenvalue weighted by Crippen LogP contribution is 2.45. The predicted molar refractivity (Wildman–Crippen MR) is 101 cm³/mol. The molecule has 2 saturated heterocycles. The zero-order valence-electron chi connectivity index (χ0n) is 16.5. The SMILES string of the molecule is CC1(C)O[C@@H]2[C@H](O1)[C@@H](C(=O)c1ccc(F)cc1)O[C@H]2n1ccc2c(C(F)F)ncnc21. The van der Waals surface area contributed by atoms with E-state index in [2.05, 4.69) is 9.97 Å². The van der Waals surface area contributed by atoms with Crippen LogP contribution in [0.1, 0.15) is 42.6 Å². The highest BCUT2D eigenvalue weighted by atomic mass is 19.3. The summed E-state index contributed by atoms with van der Waals surface area (Å²) in [4.78, 5) is 20.9. The van der Waals surface area contributed by atoms with E-state index in [1.54, 1.807) is 24.6 Å². The van der Waals surface area contributed by atoms with Crippen molar-refractivity contribution < 1.29 is 32.2 Å². The molecule has 3 aromatic rings. The molecule has 1 aromatic carbocycles. The summed E-state index contributed by atoms with van der Waals surface area (Å²) in [6, 6.07) is 6.60. The first-order chi connectivity index (χ1) is 14.7. The van der Waals surface area contributed by atoms with Gasteiger partial charge in [0.25, 0.3) is 6.43 Å². The van der Waals surface area contributed by atoms with Crippen molar-refractivity contribution in [3.63, 3.8) is 0 Å². The van der Waals surface area contributed by atoms with E-state index in [4.69, 9.17) is 14.2 Å². The molecule has 31 heavy (non-hydrogen) atoms. The molecule has 2 aliphatic rings. The molecule has 2 aliphatic heterocycles. The molecule has 2 fully saturated rings. The van der Waals surface area contributed by atoms with Gasteiger partial charge in [-0.15, -0.1) is 0 Å². The fourth-order valence-corrected chi connectivity index (χ4v) is 4.16. The first kappa shape index (κ1) is 20.1. The molecule has 0 N–H and O–H groups in total. The topological polar surface area (TPSA) is 75.5 Å². The fourth-order valence-electron chi connectivity index (χ4n) is 4.16. The summed E-state index contributed by atoms with van der Waals surface area (Å²) in [5, 5.41) is 0.184. The molecule has 0 unspecified atom stereocenters. The molecule has 0 bridgehead atoms. The van der Waals surface area contributed by atoms with Crippen LogP contribution in [-0.2, 0) is 14.2 Å². The predicted octanol–water partition coefficient (Wildman–Crippen LogP) is 3.81. The van der Waals surface area contributed by atoms with E-state index in [0.29, 0.717) is 0 Å². The Kier molecular flexibility index (Phi) is 4.61. The number of alkyl halides is 2. The van der Waals surface area contributed by atoms with Crippen LogP contribution in [0.25, 0.3) is 11.0 Å². The second-order valence-corrected chi connectivity index (χ2v) is 7.90. The second kappa shape index (κ2) is 7.11. The molecule has 0 radical (unpaired) electrons. The van der Waals surface area contributed by atoms with Crippen molar-refractivity contribution in [1.82, 2.24) is 14.5 Å². The first-order valence-electron chi connectivity index (χ1n) is 9.65. The van der Waals surface area contributed by atoms with E-state index in [0.717, 1.165) is 6.33 Å². The molecular formula is C21H18F3N3O4. The Bertz CT molecular complexity index is 1150. The zero-order chi connectivity index (χ0) is 21.9. The van der Waals surface area contributed by atoms with Crippen LogP contribution in [0.15, 0.2) is 42.9 Å². The Morgan fingerprint density at radius 2 is 1.81 bits per heavy atom. The molecule has 4 heterocycles. The van der Waals surface area contributed by atoms with Crippen molar-refractivity contribution in [3.8, 4) is 0 Å². The van der Waals surface area contributed by atoms with Crippen LogP contribution in [0.2, 0.25) is 0 Å². The maximum Gasteiger partial charge on any atom is 0.281 e. The molecule has 7 nitrogen and oxygen atoms in total. The van der Waals surface area contributed by atoms with Gasteiger partial charge in [0.15, 0.2) is 23.9 Å². The summed E-state index contributed by atoms with van der Waals surface area (Å²) < 4.78 is 59.5. The van der Waals surface area contributed by atoms with Crippen molar-refractivity contribution in [2.75, 3.05) is 0 Å². The number of nitrogens with zero attached hydrogens (tertiary/aromatic N) is 3. The van der Waals surface area contributed by atoms with Gasteiger partial charge >= 0.3 is 0 Å². The van der Waals surface area contributed by atoms with Gasteiger partial charge in [-0.05, 0) is 44.2 Å². The third-order valence-electron chi connectivity index (χ3n) is 5.44. The number of Topliss-reactive ketones (excluding diaryl/α,β-unsaturated/α-hetero) is 1. The van der Waals surface area contributed by atoms with Crippen LogP contribution in [0.3, 0.4) is 0 Å². The lowest BCUT2D eigenvalue weighted by molar-refractivity contribution is -0.190. The lowest BCUT2D eigenvalue weighted by Crippen LogP contribution is -2.35. The van der Waals surface area contributed by atoms with Crippen LogP contribution >= 0.6 is 0 Å². The van der Waals surface area contributed by atoms with E-state index in [-0.39, 0.29) is 22.3 Å². The fraction of sp³-hybridized carbons (Fsp3) is 0.381. The number of ether oxygens (including phenoxy) is 3. The minimum Gasteiger partial charge on any atom is -0.341 e. The van der Waals surface area contributed by atoms with Gasteiger partial charge in [0.2, 0.25) is 0 Å². The molecule has 4 atom stereocenters. The van der Waals surface area contributed by atoms with Crippen LogP contribution in [0, 0.1) is 5.82 Å². The number of aromatic nitrogens is 3. The minimum atomic E-state index is -2.77. The van der Waals surface area contributed by atoms with Gasteiger partial charge in [-0.25, -0.2) is 23.1 Å². The Morgan fingerprint density at radius 1 is 1.10 bits per heavy atom. The number of hydrogen-bond donors (Lipinski definition) is 0. The van der Waals surface area contributed by atoms with Crippen molar-refractivity contribution in [2.24, 2.45) is 0 Å². The average molecular weight is 433 g/mol. The van der Waals surface area contributed by atoms with Gasteiger partial charge in [-0.1, -0.05) is 0 Å². The molecule has 10 heteroatoms. The van der Waals surface area contributed by atoms with Gasteiger partial charge in [0.05, 0.1) is 0 Å². The molecule has 5 rings (SSSR count). The highest BCUT2D eigenvalue weighted by molar-refractivity contribution is 6.00. The lowest BCUT2D eigenvalue weighted by Gasteiger charge is -2.24. The van der Waals surface area contributed by atoms with Crippen molar-refractivity contribution in [1.29, 1.82) is 0 Å². The normalized spacial score (nSPS) is 27.2. The maximum absolute atomic E-state index is 13.3. The van der Waals surface area contributed by atoms with E-state index in [1.807, 2.05) is 0 Å². The van der Waals surface area contributed by atoms with E-state index >= 15 is 0 Å². The molecular weight excluding hydrogens is 415 g/mol. The quantitative estimate of drug-likeness (QED) is 0.583. The third kappa shape index (κ3) is 3.31. The van der Waals surface area contributed by atoms with Crippen LogP contribution in [0.4, 0.5) is 13.2 Å². The van der Waals surface area contributed by atoms with Gasteiger partial charge in [-0.3, -0.25) is 4.79 Å². The van der Waals surface area contributed by atoms with Gasteiger partial charge in [0.1, 0.15) is 35.7 Å². The summed E-state index contributed by atoms with van der Waals surface area (Å²) in [5.74, 6) is -1.84. The summed E-state index contributed by atoms with van der Waals surface area (Å²) >= 11 is 0. The number of hydrogen-bond acceptors (Lipinski definition) is 6. The average Bonchev–Trinajstić information content (AvgIpc) is 3.38. The molecule has 0 saturated carbocycles. The van der Waals surface area contributed by atoms with Gasteiger partial charge in [-0.2, -0.15) is 0 Å². The first-order valence-corrected chi connectivity index (χ1v) is 9.65. The Labute approximate surface area is 174 Å². The number of benzene rings is 1. The number of rotatable bonds is 4. The highest BCUT2D eigenvalue weighted by Gasteiger charge is 2.58. The number of carbonyl (C=O) groups is 1. The van der Waals surface area contributed by atoms with Crippen LogP contribution in [0.5, 0.6) is 0 Å². The summed E-state index contributed by atoms with van der Waals surface area (Å²) in [6.07, 6.45) is -3.47. The molecule has 162 valence electrons. The second-order valence-electron chi connectivity index (χ2n) is 7.90. The number of halogens is 3. The number of fused-ring (bicyclic) bond motifs is 2. The van der Waals surface area contributed by atoms with Crippen molar-refractivity contribution in [2.45, 2.75) is 50.6 Å². The Hall–Kier alpha value is -2.82. The van der Waals surface area contributed by atoms with E-state index in [9.17, 15) is 18.0 Å². The molecule has 0 spiro atoms. The van der Waals surface area contributed by atoms with Crippen molar-refractivity contribution in [3.05, 3.63) is 59.9 Å². The number of carbonyl (C=O) groups excluding carboxylic acids is 1. The summed E-state index contributed by atoms with van der Waals surface area (Å²) in [6.45, 7) is 3.43. The monoisotopic (exact) mass is 433 g/mol. The van der Waals surface area contributed by atoms with Crippen LogP contribution in [-0.4, -0.2) is 44.4 Å².